The van der Waals surface area contributed by atoms with Crippen LogP contribution in [0.25, 0.3) is 0 Å². The first-order valence-corrected chi connectivity index (χ1v) is 8.72. The predicted octanol–water partition coefficient (Wildman–Crippen LogP) is 4.40. The molecule has 3 rings (SSSR count). The van der Waals surface area contributed by atoms with Crippen molar-refractivity contribution in [2.75, 3.05) is 11.9 Å². The van der Waals surface area contributed by atoms with Crippen LogP contribution in [0.2, 0.25) is 0 Å². The summed E-state index contributed by atoms with van der Waals surface area (Å²) in [6, 6.07) is 20.6. The highest BCUT2D eigenvalue weighted by molar-refractivity contribution is 7.12. The van der Waals surface area contributed by atoms with E-state index in [-0.39, 0.29) is 12.4 Å². The molecule has 0 saturated carbocycles. The van der Waals surface area contributed by atoms with Gasteiger partial charge in [-0.15, -0.1) is 11.3 Å². The van der Waals surface area contributed by atoms with E-state index in [4.69, 9.17) is 4.74 Å². The van der Waals surface area contributed by atoms with Crippen LogP contribution < -0.4 is 5.32 Å². The number of thiophene rings is 1. The third-order valence-electron chi connectivity index (χ3n) is 3.59. The van der Waals surface area contributed by atoms with Gasteiger partial charge in [0.25, 0.3) is 0 Å². The van der Waals surface area contributed by atoms with Crippen molar-refractivity contribution in [3.8, 4) is 0 Å². The monoisotopic (exact) mass is 351 g/mol. The van der Waals surface area contributed by atoms with Crippen LogP contribution in [0.15, 0.2) is 72.1 Å². The molecular weight excluding hydrogens is 334 g/mol. The molecule has 0 aliphatic heterocycles. The van der Waals surface area contributed by atoms with Crippen LogP contribution in [0.5, 0.6) is 0 Å². The molecule has 1 heterocycles. The summed E-state index contributed by atoms with van der Waals surface area (Å²) in [6.45, 7) is 0.423. The molecule has 0 radical (unpaired) electrons. The predicted molar refractivity (Wildman–Crippen MR) is 99.1 cm³/mol. The molecule has 2 aromatic carbocycles. The largest absolute Gasteiger partial charge is 0.454 e. The molecule has 0 amide bonds. The number of rotatable bonds is 7. The van der Waals surface area contributed by atoms with E-state index < -0.39 is 5.97 Å². The number of anilines is 1. The Hall–Kier alpha value is -2.92. The van der Waals surface area contributed by atoms with Gasteiger partial charge in [0, 0.05) is 12.2 Å². The number of para-hydroxylation sites is 1. The smallest absolute Gasteiger partial charge is 0.338 e. The van der Waals surface area contributed by atoms with Crippen LogP contribution in [0.4, 0.5) is 5.69 Å². The maximum atomic E-state index is 12.0. The van der Waals surface area contributed by atoms with Crippen molar-refractivity contribution in [2.45, 2.75) is 6.54 Å². The van der Waals surface area contributed by atoms with Gasteiger partial charge in [0.05, 0.1) is 10.4 Å². The lowest BCUT2D eigenvalue weighted by atomic mass is 10.1. The first-order chi connectivity index (χ1) is 12.2. The number of ether oxygens (including phenoxy) is 1. The standard InChI is InChI=1S/C20H17NO3S/c22-18(19-7-4-12-25-19)14-24-20(23)16-10-8-15(9-11-16)13-21-17-5-2-1-3-6-17/h1-12,21H,13-14H2. The number of carbonyl (C=O) groups is 2. The summed E-state index contributed by atoms with van der Waals surface area (Å²) in [6.07, 6.45) is 0. The Balaban J connectivity index is 1.51. The fraction of sp³-hybridized carbons (Fsp3) is 0.100. The van der Waals surface area contributed by atoms with Gasteiger partial charge in [0.2, 0.25) is 5.78 Å². The van der Waals surface area contributed by atoms with E-state index in [0.717, 1.165) is 11.3 Å². The maximum absolute atomic E-state index is 12.0. The molecule has 0 unspecified atom stereocenters. The van der Waals surface area contributed by atoms with E-state index >= 15 is 0 Å². The zero-order valence-electron chi connectivity index (χ0n) is 13.5. The Morgan fingerprint density at radius 1 is 0.920 bits per heavy atom. The molecule has 5 heteroatoms. The van der Waals surface area contributed by atoms with Crippen LogP contribution in [-0.2, 0) is 11.3 Å². The number of hydrogen-bond donors (Lipinski definition) is 1. The Bertz CT molecular complexity index is 827. The van der Waals surface area contributed by atoms with Gasteiger partial charge in [-0.1, -0.05) is 36.4 Å². The van der Waals surface area contributed by atoms with Crippen molar-refractivity contribution in [1.29, 1.82) is 0 Å². The molecule has 0 aliphatic carbocycles. The summed E-state index contributed by atoms with van der Waals surface area (Å²) in [4.78, 5) is 24.5. The molecule has 0 spiro atoms. The molecule has 126 valence electrons. The summed E-state index contributed by atoms with van der Waals surface area (Å²) in [7, 11) is 0. The summed E-state index contributed by atoms with van der Waals surface area (Å²) >= 11 is 1.34. The fourth-order valence-electron chi connectivity index (χ4n) is 2.24. The number of esters is 1. The second-order valence-electron chi connectivity index (χ2n) is 5.39. The highest BCUT2D eigenvalue weighted by Gasteiger charge is 2.12. The second kappa shape index (κ2) is 8.26. The minimum atomic E-state index is -0.493. The van der Waals surface area contributed by atoms with Crippen LogP contribution in [0, 0.1) is 0 Å². The molecular formula is C20H17NO3S. The summed E-state index contributed by atoms with van der Waals surface area (Å²) in [5, 5.41) is 5.12. The van der Waals surface area contributed by atoms with E-state index in [2.05, 4.69) is 5.32 Å². The molecule has 1 aromatic heterocycles. The Morgan fingerprint density at radius 3 is 2.36 bits per heavy atom. The number of Topliss-reactive ketones (excluding diaryl/α,β-unsaturated/α-hetero) is 1. The quantitative estimate of drug-likeness (QED) is 0.506. The zero-order valence-corrected chi connectivity index (χ0v) is 14.3. The molecule has 1 N–H and O–H groups in total. The van der Waals surface area contributed by atoms with Crippen LogP contribution in [-0.4, -0.2) is 18.4 Å². The maximum Gasteiger partial charge on any atom is 0.338 e. The van der Waals surface area contributed by atoms with Crippen molar-refractivity contribution >= 4 is 28.8 Å². The first kappa shape index (κ1) is 16.9. The molecule has 0 saturated heterocycles. The van der Waals surface area contributed by atoms with Crippen molar-refractivity contribution in [3.63, 3.8) is 0 Å². The lowest BCUT2D eigenvalue weighted by Crippen LogP contribution is -2.13. The third-order valence-corrected chi connectivity index (χ3v) is 4.50. The van der Waals surface area contributed by atoms with Gasteiger partial charge in [0.1, 0.15) is 0 Å². The number of benzene rings is 2. The number of hydrogen-bond acceptors (Lipinski definition) is 5. The van der Waals surface area contributed by atoms with Crippen LogP contribution in [0.3, 0.4) is 0 Å². The highest BCUT2D eigenvalue weighted by Crippen LogP contribution is 2.12. The molecule has 0 atom stereocenters. The van der Waals surface area contributed by atoms with Gasteiger partial charge in [-0.25, -0.2) is 4.79 Å². The number of carbonyl (C=O) groups excluding carboxylic acids is 2. The normalized spacial score (nSPS) is 10.2. The van der Waals surface area contributed by atoms with E-state index in [9.17, 15) is 9.59 Å². The van der Waals surface area contributed by atoms with Crippen molar-refractivity contribution in [2.24, 2.45) is 0 Å². The van der Waals surface area contributed by atoms with Gasteiger partial charge in [-0.05, 0) is 41.3 Å². The van der Waals surface area contributed by atoms with Gasteiger partial charge in [0.15, 0.2) is 6.61 Å². The zero-order chi connectivity index (χ0) is 17.5. The third kappa shape index (κ3) is 4.78. The van der Waals surface area contributed by atoms with Gasteiger partial charge >= 0.3 is 5.97 Å². The fourth-order valence-corrected chi connectivity index (χ4v) is 2.89. The Labute approximate surface area is 150 Å². The van der Waals surface area contributed by atoms with Crippen LogP contribution >= 0.6 is 11.3 Å². The molecule has 0 bridgehead atoms. The van der Waals surface area contributed by atoms with Crippen molar-refractivity contribution in [3.05, 3.63) is 88.1 Å². The lowest BCUT2D eigenvalue weighted by Gasteiger charge is -2.07. The SMILES string of the molecule is O=C(OCC(=O)c1cccs1)c1ccc(CNc2ccccc2)cc1. The highest BCUT2D eigenvalue weighted by atomic mass is 32.1. The molecule has 25 heavy (non-hydrogen) atoms. The summed E-state index contributed by atoms with van der Waals surface area (Å²) < 4.78 is 5.09. The van der Waals surface area contributed by atoms with Gasteiger partial charge in [-0.3, -0.25) is 4.79 Å². The van der Waals surface area contributed by atoms with E-state index in [1.165, 1.54) is 11.3 Å². The molecule has 4 nitrogen and oxygen atoms in total. The molecule has 0 aliphatic rings. The minimum absolute atomic E-state index is 0.188. The topological polar surface area (TPSA) is 55.4 Å². The van der Waals surface area contributed by atoms with Gasteiger partial charge < -0.3 is 10.1 Å². The Kier molecular flexibility index (Phi) is 5.59. The first-order valence-electron chi connectivity index (χ1n) is 7.84. The van der Waals surface area contributed by atoms with E-state index in [1.807, 2.05) is 47.8 Å². The molecule has 3 aromatic rings. The number of nitrogens with one attached hydrogen (secondary N) is 1. The van der Waals surface area contributed by atoms with Gasteiger partial charge in [-0.2, -0.15) is 0 Å². The number of ketones is 1. The van der Waals surface area contributed by atoms with Crippen molar-refractivity contribution in [1.82, 2.24) is 0 Å². The summed E-state index contributed by atoms with van der Waals surface area (Å²) in [5.41, 5.74) is 2.52. The van der Waals surface area contributed by atoms with Crippen LogP contribution in [0.1, 0.15) is 25.6 Å². The van der Waals surface area contributed by atoms with E-state index in [0.29, 0.717) is 17.0 Å². The summed E-state index contributed by atoms with van der Waals surface area (Å²) in [5.74, 6) is -0.681. The second-order valence-corrected chi connectivity index (χ2v) is 6.34. The average molecular weight is 351 g/mol. The van der Waals surface area contributed by atoms with Crippen molar-refractivity contribution < 1.29 is 14.3 Å². The average Bonchev–Trinajstić information content (AvgIpc) is 3.20. The molecule has 0 fully saturated rings. The van der Waals surface area contributed by atoms with E-state index in [1.54, 1.807) is 24.3 Å². The Morgan fingerprint density at radius 2 is 1.68 bits per heavy atom. The minimum Gasteiger partial charge on any atom is -0.454 e. The lowest BCUT2D eigenvalue weighted by molar-refractivity contribution is 0.0476.